The number of nitrogens with one attached hydrogen (secondary N) is 1. The first-order valence-corrected chi connectivity index (χ1v) is 7.42. The Morgan fingerprint density at radius 3 is 2.71 bits per heavy atom. The van der Waals surface area contributed by atoms with Crippen LogP contribution >= 0.6 is 0 Å². The van der Waals surface area contributed by atoms with E-state index in [2.05, 4.69) is 5.32 Å². The third-order valence-electron chi connectivity index (χ3n) is 3.20. The monoisotopic (exact) mass is 294 g/mol. The van der Waals surface area contributed by atoms with Crippen LogP contribution < -0.4 is 10.1 Å². The topological polar surface area (TPSA) is 61.8 Å². The first-order valence-electron chi connectivity index (χ1n) is 7.42. The number of ether oxygens (including phenoxy) is 1. The van der Waals surface area contributed by atoms with Gasteiger partial charge in [-0.1, -0.05) is 12.1 Å². The van der Waals surface area contributed by atoms with Crippen molar-refractivity contribution in [3.63, 3.8) is 0 Å². The van der Waals surface area contributed by atoms with Crippen LogP contribution in [0.5, 0.6) is 5.75 Å². The minimum atomic E-state index is -0.644. The molecule has 1 aromatic rings. The Hall–Kier alpha value is -1.59. The number of amides is 1. The molecule has 0 saturated carbocycles. The summed E-state index contributed by atoms with van der Waals surface area (Å²) in [6, 6.07) is 7.68. The Morgan fingerprint density at radius 2 is 2.10 bits per heavy atom. The van der Waals surface area contributed by atoms with E-state index in [1.54, 1.807) is 4.90 Å². The van der Waals surface area contributed by atoms with Crippen molar-refractivity contribution in [2.45, 2.75) is 26.9 Å². The standard InChI is InChI=1S/C16H26N2O3/c1-4-18(5-2)16(20)11-17-10-14(19)12-21-15-8-6-7-13(3)9-15/h6-9,14,17,19H,4-5,10-12H2,1-3H3. The van der Waals surface area contributed by atoms with Crippen molar-refractivity contribution in [2.75, 3.05) is 32.8 Å². The molecule has 0 aromatic heterocycles. The molecule has 0 spiro atoms. The molecule has 0 aliphatic rings. The Kier molecular flexibility index (Phi) is 7.79. The van der Waals surface area contributed by atoms with Crippen molar-refractivity contribution >= 4 is 5.91 Å². The van der Waals surface area contributed by atoms with E-state index in [1.165, 1.54) is 0 Å². The molecule has 0 heterocycles. The smallest absolute Gasteiger partial charge is 0.236 e. The third kappa shape index (κ3) is 6.60. The third-order valence-corrected chi connectivity index (χ3v) is 3.20. The SMILES string of the molecule is CCN(CC)C(=O)CNCC(O)COc1cccc(C)c1. The summed E-state index contributed by atoms with van der Waals surface area (Å²) >= 11 is 0. The van der Waals surface area contributed by atoms with E-state index in [1.807, 2.05) is 45.0 Å². The molecule has 5 nitrogen and oxygen atoms in total. The molecular weight excluding hydrogens is 268 g/mol. The van der Waals surface area contributed by atoms with Gasteiger partial charge in [0.05, 0.1) is 6.54 Å². The van der Waals surface area contributed by atoms with Gasteiger partial charge in [-0.05, 0) is 38.5 Å². The molecule has 1 aromatic carbocycles. The maximum Gasteiger partial charge on any atom is 0.236 e. The van der Waals surface area contributed by atoms with E-state index in [4.69, 9.17) is 4.74 Å². The molecule has 0 bridgehead atoms. The van der Waals surface area contributed by atoms with E-state index in [9.17, 15) is 9.90 Å². The highest BCUT2D eigenvalue weighted by Gasteiger charge is 2.10. The molecule has 1 atom stereocenters. The van der Waals surface area contributed by atoms with E-state index in [0.29, 0.717) is 19.6 Å². The summed E-state index contributed by atoms with van der Waals surface area (Å²) in [4.78, 5) is 13.5. The Labute approximate surface area is 126 Å². The molecule has 1 rings (SSSR count). The number of hydrogen-bond acceptors (Lipinski definition) is 4. The van der Waals surface area contributed by atoms with E-state index in [0.717, 1.165) is 11.3 Å². The zero-order chi connectivity index (χ0) is 15.7. The summed E-state index contributed by atoms with van der Waals surface area (Å²) < 4.78 is 5.51. The quantitative estimate of drug-likeness (QED) is 0.718. The van der Waals surface area contributed by atoms with Crippen LogP contribution in [0.15, 0.2) is 24.3 Å². The number of nitrogens with zero attached hydrogens (tertiary/aromatic N) is 1. The zero-order valence-electron chi connectivity index (χ0n) is 13.1. The van der Waals surface area contributed by atoms with Gasteiger partial charge < -0.3 is 20.1 Å². The van der Waals surface area contributed by atoms with Crippen molar-refractivity contribution in [3.8, 4) is 5.75 Å². The lowest BCUT2D eigenvalue weighted by atomic mass is 10.2. The molecule has 5 heteroatoms. The lowest BCUT2D eigenvalue weighted by molar-refractivity contribution is -0.129. The predicted octanol–water partition coefficient (Wildman–Crippen LogP) is 1.19. The summed E-state index contributed by atoms with van der Waals surface area (Å²) in [6.07, 6.45) is -0.644. The van der Waals surface area contributed by atoms with E-state index in [-0.39, 0.29) is 19.1 Å². The molecule has 1 unspecified atom stereocenters. The zero-order valence-corrected chi connectivity index (χ0v) is 13.1. The molecule has 0 fully saturated rings. The average Bonchev–Trinajstić information content (AvgIpc) is 2.46. The number of likely N-dealkylation sites (N-methyl/N-ethyl adjacent to an activating group) is 1. The average molecular weight is 294 g/mol. The molecule has 0 saturated heterocycles. The summed E-state index contributed by atoms with van der Waals surface area (Å²) in [7, 11) is 0. The second-order valence-corrected chi connectivity index (χ2v) is 4.98. The van der Waals surface area contributed by atoms with Crippen molar-refractivity contribution in [2.24, 2.45) is 0 Å². The number of aliphatic hydroxyl groups excluding tert-OH is 1. The van der Waals surface area contributed by atoms with Gasteiger partial charge in [0, 0.05) is 19.6 Å². The normalized spacial score (nSPS) is 12.0. The Bertz CT molecular complexity index is 433. The number of benzene rings is 1. The number of carbonyl (C=O) groups is 1. The van der Waals surface area contributed by atoms with Crippen molar-refractivity contribution in [1.29, 1.82) is 0 Å². The highest BCUT2D eigenvalue weighted by molar-refractivity contribution is 5.78. The van der Waals surface area contributed by atoms with E-state index >= 15 is 0 Å². The van der Waals surface area contributed by atoms with Gasteiger partial charge in [0.25, 0.3) is 0 Å². The second kappa shape index (κ2) is 9.37. The molecule has 1 amide bonds. The van der Waals surface area contributed by atoms with Crippen LogP contribution in [-0.4, -0.2) is 54.8 Å². The highest BCUT2D eigenvalue weighted by Crippen LogP contribution is 2.12. The van der Waals surface area contributed by atoms with Crippen LogP contribution in [-0.2, 0) is 4.79 Å². The highest BCUT2D eigenvalue weighted by atomic mass is 16.5. The van der Waals surface area contributed by atoms with Gasteiger partial charge in [-0.3, -0.25) is 4.79 Å². The molecular formula is C16H26N2O3. The fourth-order valence-corrected chi connectivity index (χ4v) is 1.99. The lowest BCUT2D eigenvalue weighted by Crippen LogP contribution is -2.41. The van der Waals surface area contributed by atoms with Gasteiger partial charge in [0.1, 0.15) is 18.5 Å². The molecule has 0 aliphatic heterocycles. The van der Waals surface area contributed by atoms with Crippen LogP contribution in [0.1, 0.15) is 19.4 Å². The lowest BCUT2D eigenvalue weighted by Gasteiger charge is -2.19. The van der Waals surface area contributed by atoms with Gasteiger partial charge >= 0.3 is 0 Å². The summed E-state index contributed by atoms with van der Waals surface area (Å²) in [6.45, 7) is 8.07. The first-order chi connectivity index (χ1) is 10.1. The summed E-state index contributed by atoms with van der Waals surface area (Å²) in [5, 5.41) is 12.8. The van der Waals surface area contributed by atoms with Gasteiger partial charge in [0.15, 0.2) is 0 Å². The number of rotatable bonds is 9. The number of hydrogen-bond donors (Lipinski definition) is 2. The largest absolute Gasteiger partial charge is 0.491 e. The molecule has 21 heavy (non-hydrogen) atoms. The molecule has 2 N–H and O–H groups in total. The van der Waals surface area contributed by atoms with Crippen LogP contribution in [0, 0.1) is 6.92 Å². The summed E-state index contributed by atoms with van der Waals surface area (Å²) in [5.74, 6) is 0.792. The molecule has 0 aliphatic carbocycles. The van der Waals surface area contributed by atoms with Crippen LogP contribution in [0.3, 0.4) is 0 Å². The molecule has 118 valence electrons. The van der Waals surface area contributed by atoms with Gasteiger partial charge in [-0.2, -0.15) is 0 Å². The first kappa shape index (κ1) is 17.5. The van der Waals surface area contributed by atoms with Gasteiger partial charge in [-0.15, -0.1) is 0 Å². The van der Waals surface area contributed by atoms with Crippen LogP contribution in [0.4, 0.5) is 0 Å². The number of aryl methyl sites for hydroxylation is 1. The van der Waals surface area contributed by atoms with Gasteiger partial charge in [-0.25, -0.2) is 0 Å². The van der Waals surface area contributed by atoms with Crippen molar-refractivity contribution in [3.05, 3.63) is 29.8 Å². The fraction of sp³-hybridized carbons (Fsp3) is 0.562. The minimum absolute atomic E-state index is 0.0480. The van der Waals surface area contributed by atoms with Crippen LogP contribution in [0.2, 0.25) is 0 Å². The van der Waals surface area contributed by atoms with Crippen LogP contribution in [0.25, 0.3) is 0 Å². The van der Waals surface area contributed by atoms with Crippen molar-refractivity contribution < 1.29 is 14.6 Å². The maximum atomic E-state index is 11.8. The van der Waals surface area contributed by atoms with Gasteiger partial charge in [0.2, 0.25) is 5.91 Å². The minimum Gasteiger partial charge on any atom is -0.491 e. The second-order valence-electron chi connectivity index (χ2n) is 4.98. The Morgan fingerprint density at radius 1 is 1.38 bits per heavy atom. The fourth-order valence-electron chi connectivity index (χ4n) is 1.99. The number of carbonyl (C=O) groups excluding carboxylic acids is 1. The Balaban J connectivity index is 2.22. The number of aliphatic hydroxyl groups is 1. The predicted molar refractivity (Wildman–Crippen MR) is 83.5 cm³/mol. The maximum absolute atomic E-state index is 11.8. The van der Waals surface area contributed by atoms with Crippen molar-refractivity contribution in [1.82, 2.24) is 10.2 Å². The molecule has 0 radical (unpaired) electrons. The van der Waals surface area contributed by atoms with E-state index < -0.39 is 6.10 Å². The summed E-state index contributed by atoms with van der Waals surface area (Å²) in [5.41, 5.74) is 1.12.